The molecule has 0 atom stereocenters. The molecule has 1 N–H and O–H groups in total. The number of ether oxygens (including phenoxy) is 1. The number of hydrogen-bond donors (Lipinski definition) is 1. The van der Waals surface area contributed by atoms with Crippen LogP contribution in [0.15, 0.2) is 54.7 Å². The van der Waals surface area contributed by atoms with E-state index >= 15 is 0 Å². The first-order valence-electron chi connectivity index (χ1n) is 9.22. The summed E-state index contributed by atoms with van der Waals surface area (Å²) in [7, 11) is 0. The summed E-state index contributed by atoms with van der Waals surface area (Å²) < 4.78 is 42.8. The highest BCUT2D eigenvalue weighted by Crippen LogP contribution is 2.29. The first-order valence-corrected chi connectivity index (χ1v) is 9.22. The van der Waals surface area contributed by atoms with E-state index in [1.54, 1.807) is 12.1 Å². The third-order valence-corrected chi connectivity index (χ3v) is 4.71. The first-order chi connectivity index (χ1) is 13.9. The number of fused-ring (bicyclic) bond motifs is 1. The molecule has 1 aliphatic rings. The van der Waals surface area contributed by atoms with Crippen LogP contribution < -0.4 is 10.1 Å². The van der Waals surface area contributed by atoms with Crippen molar-refractivity contribution >= 4 is 11.6 Å². The van der Waals surface area contributed by atoms with Gasteiger partial charge in [-0.05, 0) is 43.2 Å². The summed E-state index contributed by atoms with van der Waals surface area (Å²) in [5, 5.41) is 2.82. The van der Waals surface area contributed by atoms with Gasteiger partial charge >= 0.3 is 6.36 Å². The fourth-order valence-corrected chi connectivity index (χ4v) is 3.36. The number of halogens is 3. The number of anilines is 1. The van der Waals surface area contributed by atoms with E-state index in [2.05, 4.69) is 14.6 Å². The summed E-state index contributed by atoms with van der Waals surface area (Å²) in [6.07, 6.45) is 0.383. The molecule has 1 aromatic heterocycles. The second-order valence-corrected chi connectivity index (χ2v) is 6.76. The molecule has 0 unspecified atom stereocenters. The Morgan fingerprint density at radius 2 is 1.83 bits per heavy atom. The molecule has 0 radical (unpaired) electrons. The zero-order chi connectivity index (χ0) is 20.4. The molecule has 2 aromatic carbocycles. The van der Waals surface area contributed by atoms with Gasteiger partial charge in [-0.25, -0.2) is 4.98 Å². The molecule has 1 amide bonds. The van der Waals surface area contributed by atoms with Gasteiger partial charge in [0.25, 0.3) is 5.91 Å². The minimum atomic E-state index is -4.77. The highest BCUT2D eigenvalue weighted by atomic mass is 19.4. The van der Waals surface area contributed by atoms with Crippen LogP contribution in [0.25, 0.3) is 11.3 Å². The Morgan fingerprint density at radius 3 is 2.55 bits per heavy atom. The van der Waals surface area contributed by atoms with E-state index in [1.807, 2.05) is 18.3 Å². The van der Waals surface area contributed by atoms with Crippen LogP contribution in [-0.4, -0.2) is 21.8 Å². The van der Waals surface area contributed by atoms with Gasteiger partial charge in [0.05, 0.1) is 11.4 Å². The highest BCUT2D eigenvalue weighted by Gasteiger charge is 2.31. The first kappa shape index (κ1) is 19.0. The molecule has 0 fully saturated rings. The predicted octanol–water partition coefficient (Wildman–Crippen LogP) is 5.04. The molecule has 2 heterocycles. The summed E-state index contributed by atoms with van der Waals surface area (Å²) in [4.78, 5) is 17.3. The summed E-state index contributed by atoms with van der Waals surface area (Å²) in [6, 6.07) is 12.1. The van der Waals surface area contributed by atoms with Gasteiger partial charge in [0.1, 0.15) is 11.6 Å². The van der Waals surface area contributed by atoms with Crippen molar-refractivity contribution in [1.82, 2.24) is 9.55 Å². The summed E-state index contributed by atoms with van der Waals surface area (Å²) >= 11 is 0. The Bertz CT molecular complexity index is 1000. The van der Waals surface area contributed by atoms with E-state index in [4.69, 9.17) is 4.98 Å². The highest BCUT2D eigenvalue weighted by molar-refractivity contribution is 6.06. The molecular weight excluding hydrogens is 383 g/mol. The van der Waals surface area contributed by atoms with Crippen LogP contribution in [0.1, 0.15) is 29.0 Å². The molecule has 150 valence electrons. The topological polar surface area (TPSA) is 56.2 Å². The lowest BCUT2D eigenvalue weighted by atomic mass is 10.1. The number of hydrogen-bond acceptors (Lipinski definition) is 3. The van der Waals surface area contributed by atoms with E-state index in [0.29, 0.717) is 5.69 Å². The fourth-order valence-electron chi connectivity index (χ4n) is 3.36. The lowest BCUT2D eigenvalue weighted by Gasteiger charge is -2.11. The molecule has 0 saturated carbocycles. The van der Waals surface area contributed by atoms with E-state index in [0.717, 1.165) is 55.0 Å². The van der Waals surface area contributed by atoms with Crippen LogP contribution in [0.5, 0.6) is 5.75 Å². The lowest BCUT2D eigenvalue weighted by Crippen LogP contribution is -2.17. The van der Waals surface area contributed by atoms with Crippen LogP contribution in [0.4, 0.5) is 18.9 Å². The summed E-state index contributed by atoms with van der Waals surface area (Å²) in [5.41, 5.74) is 2.38. The number of nitrogens with zero attached hydrogens (tertiary/aromatic N) is 2. The van der Waals surface area contributed by atoms with Crippen LogP contribution in [0.2, 0.25) is 0 Å². The van der Waals surface area contributed by atoms with Gasteiger partial charge < -0.3 is 14.6 Å². The quantitative estimate of drug-likeness (QED) is 0.667. The molecule has 29 heavy (non-hydrogen) atoms. The van der Waals surface area contributed by atoms with Crippen molar-refractivity contribution in [3.63, 3.8) is 0 Å². The number of carbonyl (C=O) groups excluding carboxylic acids is 1. The molecule has 0 aliphatic carbocycles. The average molecular weight is 401 g/mol. The Hall–Kier alpha value is -3.29. The molecule has 1 aliphatic heterocycles. The Balaban J connectivity index is 1.54. The SMILES string of the molecule is O=C(Nc1ccccc1-c1cn2c(n1)CCCC2)c1ccc(OC(F)(F)F)cc1. The van der Waals surface area contributed by atoms with Gasteiger partial charge in [-0.3, -0.25) is 4.79 Å². The monoisotopic (exact) mass is 401 g/mol. The maximum absolute atomic E-state index is 12.6. The van der Waals surface area contributed by atoms with E-state index in [-0.39, 0.29) is 11.3 Å². The average Bonchev–Trinajstić information content (AvgIpc) is 3.11. The van der Waals surface area contributed by atoms with Crippen LogP contribution in [0, 0.1) is 0 Å². The number of aromatic nitrogens is 2. The number of para-hydroxylation sites is 1. The summed E-state index contributed by atoms with van der Waals surface area (Å²) in [6.45, 7) is 0.934. The normalized spacial score (nSPS) is 13.6. The maximum atomic E-state index is 12.6. The van der Waals surface area contributed by atoms with Gasteiger partial charge in [0.2, 0.25) is 0 Å². The molecular formula is C21H18F3N3O2. The second kappa shape index (κ2) is 7.62. The largest absolute Gasteiger partial charge is 0.573 e. The lowest BCUT2D eigenvalue weighted by molar-refractivity contribution is -0.274. The minimum absolute atomic E-state index is 0.221. The maximum Gasteiger partial charge on any atom is 0.573 e. The minimum Gasteiger partial charge on any atom is -0.406 e. The number of imidazole rings is 1. The van der Waals surface area contributed by atoms with E-state index in [1.165, 1.54) is 12.1 Å². The zero-order valence-electron chi connectivity index (χ0n) is 15.4. The van der Waals surface area contributed by atoms with E-state index in [9.17, 15) is 18.0 Å². The smallest absolute Gasteiger partial charge is 0.406 e. The Labute approximate surface area is 165 Å². The second-order valence-electron chi connectivity index (χ2n) is 6.76. The number of nitrogens with one attached hydrogen (secondary N) is 1. The van der Waals surface area contributed by atoms with Gasteiger partial charge in [-0.2, -0.15) is 0 Å². The third-order valence-electron chi connectivity index (χ3n) is 4.71. The fraction of sp³-hybridized carbons (Fsp3) is 0.238. The van der Waals surface area contributed by atoms with Crippen molar-refractivity contribution in [3.05, 3.63) is 66.1 Å². The Kier molecular flexibility index (Phi) is 5.00. The van der Waals surface area contributed by atoms with Crippen LogP contribution >= 0.6 is 0 Å². The molecule has 0 spiro atoms. The number of benzene rings is 2. The Morgan fingerprint density at radius 1 is 1.07 bits per heavy atom. The van der Waals surface area contributed by atoms with Crippen LogP contribution in [0.3, 0.4) is 0 Å². The van der Waals surface area contributed by atoms with Crippen molar-refractivity contribution in [1.29, 1.82) is 0 Å². The van der Waals surface area contributed by atoms with Crippen molar-refractivity contribution in [3.8, 4) is 17.0 Å². The number of aryl methyl sites for hydroxylation is 2. The van der Waals surface area contributed by atoms with Gasteiger partial charge in [0, 0.05) is 30.3 Å². The van der Waals surface area contributed by atoms with Crippen molar-refractivity contribution in [2.24, 2.45) is 0 Å². The summed E-state index contributed by atoms with van der Waals surface area (Å²) in [5.74, 6) is 0.227. The molecule has 8 heteroatoms. The van der Waals surface area contributed by atoms with Gasteiger partial charge in [-0.1, -0.05) is 18.2 Å². The van der Waals surface area contributed by atoms with Crippen molar-refractivity contribution < 1.29 is 22.7 Å². The predicted molar refractivity (Wildman–Crippen MR) is 102 cm³/mol. The zero-order valence-corrected chi connectivity index (χ0v) is 15.4. The molecule has 5 nitrogen and oxygen atoms in total. The van der Waals surface area contributed by atoms with Crippen LogP contribution in [-0.2, 0) is 13.0 Å². The van der Waals surface area contributed by atoms with Crippen molar-refractivity contribution in [2.45, 2.75) is 32.2 Å². The third kappa shape index (κ3) is 4.42. The molecule has 4 rings (SSSR count). The molecule has 0 bridgehead atoms. The van der Waals surface area contributed by atoms with Gasteiger partial charge in [0.15, 0.2) is 0 Å². The number of rotatable bonds is 4. The molecule has 0 saturated heterocycles. The standard InChI is InChI=1S/C21H18F3N3O2/c22-21(23,24)29-15-10-8-14(9-11-15)20(28)26-17-6-2-1-5-16(17)18-13-27-12-4-3-7-19(27)25-18/h1-2,5-6,8-11,13H,3-4,7,12H2,(H,26,28). The molecule has 3 aromatic rings. The number of alkyl halides is 3. The van der Waals surface area contributed by atoms with Crippen molar-refractivity contribution in [2.75, 3.05) is 5.32 Å². The number of carbonyl (C=O) groups is 1. The van der Waals surface area contributed by atoms with Gasteiger partial charge in [-0.15, -0.1) is 13.2 Å². The number of amides is 1. The van der Waals surface area contributed by atoms with E-state index < -0.39 is 12.3 Å².